The predicted octanol–water partition coefficient (Wildman–Crippen LogP) is 3.34. The molecule has 1 saturated heterocycles. The lowest BCUT2D eigenvalue weighted by Gasteiger charge is -2.31. The molecule has 0 radical (unpaired) electrons. The molecule has 30 heavy (non-hydrogen) atoms. The largest absolute Gasteiger partial charge is 0.393 e. The average Bonchev–Trinajstić information content (AvgIpc) is 2.90. The molecule has 0 aliphatic carbocycles. The van der Waals surface area contributed by atoms with E-state index in [1.165, 1.54) is 0 Å². The van der Waals surface area contributed by atoms with Crippen molar-refractivity contribution in [2.24, 2.45) is 0 Å². The van der Waals surface area contributed by atoms with E-state index in [-0.39, 0.29) is 18.4 Å². The van der Waals surface area contributed by atoms with Crippen molar-refractivity contribution in [3.63, 3.8) is 0 Å². The molecule has 7 nitrogen and oxygen atoms in total. The number of carbonyl (C=O) groups excluding carboxylic acids is 1. The van der Waals surface area contributed by atoms with Gasteiger partial charge in [-0.15, -0.1) is 0 Å². The molecule has 7 heteroatoms. The van der Waals surface area contributed by atoms with E-state index in [2.05, 4.69) is 32.7 Å². The van der Waals surface area contributed by atoms with Gasteiger partial charge in [0.1, 0.15) is 0 Å². The minimum absolute atomic E-state index is 0.0636. The maximum atomic E-state index is 12.2. The van der Waals surface area contributed by atoms with Crippen molar-refractivity contribution in [2.45, 2.75) is 25.4 Å². The Morgan fingerprint density at radius 3 is 2.63 bits per heavy atom. The first-order valence-electron chi connectivity index (χ1n) is 10.2. The highest BCUT2D eigenvalue weighted by Gasteiger charge is 2.21. The van der Waals surface area contributed by atoms with Gasteiger partial charge >= 0.3 is 0 Å². The van der Waals surface area contributed by atoms with Gasteiger partial charge in [0, 0.05) is 41.8 Å². The van der Waals surface area contributed by atoms with Gasteiger partial charge in [-0.1, -0.05) is 18.2 Å². The van der Waals surface area contributed by atoms with E-state index in [4.69, 9.17) is 4.98 Å². The third kappa shape index (κ3) is 3.71. The third-order valence-corrected chi connectivity index (χ3v) is 5.62. The number of carbonyl (C=O) groups is 1. The molecule has 2 aromatic carbocycles. The number of fused-ring (bicyclic) bond motifs is 3. The molecular formula is C23H23N5O2. The summed E-state index contributed by atoms with van der Waals surface area (Å²) < 4.78 is 0. The Labute approximate surface area is 174 Å². The molecular weight excluding hydrogens is 378 g/mol. The number of aromatic nitrogens is 2. The van der Waals surface area contributed by atoms with Crippen molar-refractivity contribution >= 4 is 28.9 Å². The van der Waals surface area contributed by atoms with Crippen LogP contribution in [0.15, 0.2) is 54.7 Å². The van der Waals surface area contributed by atoms with Crippen molar-refractivity contribution in [3.05, 3.63) is 60.3 Å². The monoisotopic (exact) mass is 401 g/mol. The minimum Gasteiger partial charge on any atom is -0.393 e. The van der Waals surface area contributed by atoms with Crippen LogP contribution in [-0.2, 0) is 11.2 Å². The average molecular weight is 401 g/mol. The Morgan fingerprint density at radius 1 is 1.07 bits per heavy atom. The zero-order chi connectivity index (χ0) is 20.5. The SMILES string of the molecule is O=C1Cc2cnc(Nc3ccc(N4CCC(O)CC4)cc3)nc2-c2ccccc2N1. The number of nitrogens with one attached hydrogen (secondary N) is 2. The van der Waals surface area contributed by atoms with Gasteiger partial charge in [-0.25, -0.2) is 9.97 Å². The van der Waals surface area contributed by atoms with Crippen LogP contribution in [-0.4, -0.2) is 40.2 Å². The maximum absolute atomic E-state index is 12.2. The molecule has 2 aliphatic heterocycles. The zero-order valence-corrected chi connectivity index (χ0v) is 16.5. The van der Waals surface area contributed by atoms with Crippen molar-refractivity contribution in [1.29, 1.82) is 0 Å². The highest BCUT2D eigenvalue weighted by Crippen LogP contribution is 2.33. The fraction of sp³-hybridized carbons (Fsp3) is 0.261. The molecule has 1 fully saturated rings. The number of anilines is 4. The van der Waals surface area contributed by atoms with Crippen LogP contribution in [0.4, 0.5) is 23.0 Å². The smallest absolute Gasteiger partial charge is 0.228 e. The summed E-state index contributed by atoms with van der Waals surface area (Å²) in [5, 5.41) is 15.9. The van der Waals surface area contributed by atoms with E-state index < -0.39 is 0 Å². The molecule has 2 aliphatic rings. The Kier molecular flexibility index (Phi) is 4.80. The van der Waals surface area contributed by atoms with Crippen LogP contribution in [0.5, 0.6) is 0 Å². The number of benzene rings is 2. The summed E-state index contributed by atoms with van der Waals surface area (Å²) in [6.07, 6.45) is 3.41. The number of aliphatic hydroxyl groups is 1. The number of piperidine rings is 1. The molecule has 3 N–H and O–H groups in total. The Balaban J connectivity index is 1.38. The molecule has 0 atom stereocenters. The van der Waals surface area contributed by atoms with Crippen LogP contribution >= 0.6 is 0 Å². The van der Waals surface area contributed by atoms with E-state index in [9.17, 15) is 9.90 Å². The first-order chi connectivity index (χ1) is 14.7. The second-order valence-electron chi connectivity index (χ2n) is 7.73. The third-order valence-electron chi connectivity index (χ3n) is 5.62. The van der Waals surface area contributed by atoms with Gasteiger partial charge in [0.15, 0.2) is 0 Å². The molecule has 0 unspecified atom stereocenters. The second kappa shape index (κ2) is 7.76. The molecule has 5 rings (SSSR count). The van der Waals surface area contributed by atoms with E-state index >= 15 is 0 Å². The van der Waals surface area contributed by atoms with Crippen molar-refractivity contribution in [3.8, 4) is 11.3 Å². The number of nitrogens with zero attached hydrogens (tertiary/aromatic N) is 3. The Bertz CT molecular complexity index is 1080. The fourth-order valence-corrected chi connectivity index (χ4v) is 4.00. The summed E-state index contributed by atoms with van der Waals surface area (Å²) in [6.45, 7) is 1.74. The zero-order valence-electron chi connectivity index (χ0n) is 16.5. The highest BCUT2D eigenvalue weighted by molar-refractivity contribution is 5.99. The molecule has 1 amide bonds. The number of para-hydroxylation sites is 1. The summed E-state index contributed by atoms with van der Waals surface area (Å²) in [5.41, 5.74) is 5.28. The van der Waals surface area contributed by atoms with Gasteiger partial charge in [-0.3, -0.25) is 4.79 Å². The van der Waals surface area contributed by atoms with Crippen LogP contribution in [0.3, 0.4) is 0 Å². The van der Waals surface area contributed by atoms with E-state index in [1.807, 2.05) is 36.4 Å². The topological polar surface area (TPSA) is 90.4 Å². The number of amides is 1. The van der Waals surface area contributed by atoms with Crippen LogP contribution in [0.25, 0.3) is 11.3 Å². The molecule has 3 heterocycles. The number of rotatable bonds is 3. The van der Waals surface area contributed by atoms with Gasteiger partial charge in [-0.05, 0) is 43.2 Å². The lowest BCUT2D eigenvalue weighted by Crippen LogP contribution is -2.35. The lowest BCUT2D eigenvalue weighted by atomic mass is 10.1. The summed E-state index contributed by atoms with van der Waals surface area (Å²) in [7, 11) is 0. The first-order valence-corrected chi connectivity index (χ1v) is 10.2. The van der Waals surface area contributed by atoms with Gasteiger partial charge in [0.05, 0.1) is 23.9 Å². The quantitative estimate of drug-likeness (QED) is 0.624. The summed E-state index contributed by atoms with van der Waals surface area (Å²) in [5.74, 6) is 0.429. The fourth-order valence-electron chi connectivity index (χ4n) is 4.00. The summed E-state index contributed by atoms with van der Waals surface area (Å²) >= 11 is 0. The number of hydrogen-bond acceptors (Lipinski definition) is 6. The van der Waals surface area contributed by atoms with E-state index in [0.29, 0.717) is 5.95 Å². The predicted molar refractivity (Wildman–Crippen MR) is 117 cm³/mol. The molecule has 1 aromatic heterocycles. The Hall–Kier alpha value is -3.45. The minimum atomic E-state index is -0.178. The van der Waals surface area contributed by atoms with Crippen LogP contribution in [0.2, 0.25) is 0 Å². The summed E-state index contributed by atoms with van der Waals surface area (Å²) in [6, 6.07) is 15.8. The Morgan fingerprint density at radius 2 is 1.83 bits per heavy atom. The van der Waals surface area contributed by atoms with Crippen molar-refractivity contribution < 1.29 is 9.90 Å². The number of hydrogen-bond donors (Lipinski definition) is 3. The van der Waals surface area contributed by atoms with Crippen molar-refractivity contribution in [1.82, 2.24) is 9.97 Å². The van der Waals surface area contributed by atoms with Crippen LogP contribution in [0, 0.1) is 0 Å². The van der Waals surface area contributed by atoms with Gasteiger partial charge in [-0.2, -0.15) is 0 Å². The molecule has 3 aromatic rings. The standard InChI is InChI=1S/C23H23N5O2/c29-18-9-11-28(12-10-18)17-7-5-16(6-8-17)25-23-24-14-15-13-21(30)26-20-4-2-1-3-19(20)22(15)27-23/h1-8,14,18,29H,9-13H2,(H,26,30)(H,24,25,27). The molecule has 0 bridgehead atoms. The van der Waals surface area contributed by atoms with Crippen molar-refractivity contribution in [2.75, 3.05) is 28.6 Å². The maximum Gasteiger partial charge on any atom is 0.228 e. The molecule has 0 saturated carbocycles. The van der Waals surface area contributed by atoms with Crippen LogP contribution in [0.1, 0.15) is 18.4 Å². The molecule has 0 spiro atoms. The normalized spacial score (nSPS) is 16.3. The lowest BCUT2D eigenvalue weighted by molar-refractivity contribution is -0.115. The van der Waals surface area contributed by atoms with Gasteiger partial charge in [0.25, 0.3) is 0 Å². The number of aliphatic hydroxyl groups excluding tert-OH is 1. The second-order valence-corrected chi connectivity index (χ2v) is 7.73. The van der Waals surface area contributed by atoms with Gasteiger partial charge < -0.3 is 20.6 Å². The first kappa shape index (κ1) is 18.6. The van der Waals surface area contributed by atoms with Crippen LogP contribution < -0.4 is 15.5 Å². The van der Waals surface area contributed by atoms with E-state index in [1.54, 1.807) is 6.20 Å². The highest BCUT2D eigenvalue weighted by atomic mass is 16.3. The van der Waals surface area contributed by atoms with Gasteiger partial charge in [0.2, 0.25) is 11.9 Å². The van der Waals surface area contributed by atoms with E-state index in [0.717, 1.165) is 59.8 Å². The summed E-state index contributed by atoms with van der Waals surface area (Å²) in [4.78, 5) is 23.6. The molecule has 152 valence electrons.